The first-order valence-corrected chi connectivity index (χ1v) is 7.69. The fourth-order valence-corrected chi connectivity index (χ4v) is 3.41. The molecule has 1 aliphatic rings. The van der Waals surface area contributed by atoms with E-state index in [0.717, 1.165) is 16.7 Å². The minimum atomic E-state index is -3.94. The summed E-state index contributed by atoms with van der Waals surface area (Å²) < 4.78 is 26.3. The van der Waals surface area contributed by atoms with Crippen LogP contribution < -0.4 is 9.62 Å². The molecule has 0 radical (unpaired) electrons. The van der Waals surface area contributed by atoms with Gasteiger partial charge in [-0.3, -0.25) is 9.10 Å². The van der Waals surface area contributed by atoms with Crippen molar-refractivity contribution < 1.29 is 13.2 Å². The van der Waals surface area contributed by atoms with Crippen LogP contribution in [0.2, 0.25) is 5.28 Å². The number of amides is 1. The van der Waals surface area contributed by atoms with Gasteiger partial charge >= 0.3 is 0 Å². The monoisotopic (exact) mass is 324 g/mol. The van der Waals surface area contributed by atoms with E-state index in [9.17, 15) is 13.2 Å². The van der Waals surface area contributed by atoms with Crippen LogP contribution in [0.15, 0.2) is 41.6 Å². The van der Waals surface area contributed by atoms with Crippen molar-refractivity contribution in [1.29, 1.82) is 0 Å². The molecule has 0 fully saturated rings. The minimum Gasteiger partial charge on any atom is -0.323 e. The van der Waals surface area contributed by atoms with Gasteiger partial charge in [0.15, 0.2) is 0 Å². The number of halogens is 1. The van der Waals surface area contributed by atoms with Crippen LogP contribution in [-0.4, -0.2) is 30.8 Å². The van der Waals surface area contributed by atoms with Crippen LogP contribution in [0.1, 0.15) is 0 Å². The van der Waals surface area contributed by atoms with Crippen LogP contribution >= 0.6 is 11.6 Å². The molecule has 0 saturated heterocycles. The van der Waals surface area contributed by atoms with E-state index in [4.69, 9.17) is 11.6 Å². The van der Waals surface area contributed by atoms with Gasteiger partial charge in [0.25, 0.3) is 10.0 Å². The van der Waals surface area contributed by atoms with E-state index in [2.05, 4.69) is 15.3 Å². The third kappa shape index (κ3) is 2.43. The zero-order valence-corrected chi connectivity index (χ0v) is 12.1. The number of carbonyl (C=O) groups excluding carboxylic acids is 1. The van der Waals surface area contributed by atoms with Gasteiger partial charge in [-0.15, -0.1) is 0 Å². The molecular weight excluding hydrogens is 316 g/mol. The maximum Gasteiger partial charge on any atom is 0.267 e. The quantitative estimate of drug-likeness (QED) is 0.840. The van der Waals surface area contributed by atoms with Gasteiger partial charge in [-0.25, -0.2) is 18.4 Å². The predicted octanol–water partition coefficient (Wildman–Crippen LogP) is 1.28. The highest BCUT2D eigenvalue weighted by molar-refractivity contribution is 7.92. The molecular formula is C12H9ClN4O3S. The molecule has 7 nitrogen and oxygen atoms in total. The summed E-state index contributed by atoms with van der Waals surface area (Å²) in [5, 5.41) is 2.57. The molecule has 0 aliphatic carbocycles. The third-order valence-electron chi connectivity index (χ3n) is 2.92. The topological polar surface area (TPSA) is 92.3 Å². The molecule has 3 rings (SSSR count). The van der Waals surface area contributed by atoms with Crippen molar-refractivity contribution in [2.45, 2.75) is 4.90 Å². The van der Waals surface area contributed by atoms with Gasteiger partial charge in [-0.1, -0.05) is 12.1 Å². The molecule has 0 spiro atoms. The Morgan fingerprint density at radius 3 is 2.57 bits per heavy atom. The van der Waals surface area contributed by atoms with E-state index < -0.39 is 15.9 Å². The molecule has 1 aromatic heterocycles. The number of para-hydroxylation sites is 2. The number of rotatable bonds is 2. The molecule has 2 heterocycles. The van der Waals surface area contributed by atoms with Gasteiger partial charge in [0.2, 0.25) is 11.2 Å². The molecule has 0 unspecified atom stereocenters. The maximum absolute atomic E-state index is 12.6. The van der Waals surface area contributed by atoms with Crippen molar-refractivity contribution in [2.24, 2.45) is 0 Å². The zero-order chi connectivity index (χ0) is 15.0. The number of carbonyl (C=O) groups is 1. The van der Waals surface area contributed by atoms with Gasteiger partial charge in [0.1, 0.15) is 11.4 Å². The Hall–Kier alpha value is -2.19. The summed E-state index contributed by atoms with van der Waals surface area (Å²) in [5.74, 6) is -0.410. The maximum atomic E-state index is 12.6. The highest BCUT2D eigenvalue weighted by atomic mass is 35.5. The summed E-state index contributed by atoms with van der Waals surface area (Å²) in [5.41, 5.74) is 0.833. The van der Waals surface area contributed by atoms with Gasteiger partial charge in [0.05, 0.1) is 23.8 Å². The SMILES string of the molecule is O=C1CN(S(=O)(=O)c2cnc(Cl)nc2)c2ccccc2N1. The molecule has 1 amide bonds. The van der Waals surface area contributed by atoms with Gasteiger partial charge in [-0.2, -0.15) is 0 Å². The number of benzene rings is 1. The first-order chi connectivity index (χ1) is 9.98. The zero-order valence-electron chi connectivity index (χ0n) is 10.5. The van der Waals surface area contributed by atoms with Crippen LogP contribution in [0.5, 0.6) is 0 Å². The molecule has 1 aliphatic heterocycles. The van der Waals surface area contributed by atoms with Crippen molar-refractivity contribution in [3.63, 3.8) is 0 Å². The van der Waals surface area contributed by atoms with Crippen LogP contribution in [0.25, 0.3) is 0 Å². The summed E-state index contributed by atoms with van der Waals surface area (Å²) in [6.07, 6.45) is 2.22. The van der Waals surface area contributed by atoms with E-state index >= 15 is 0 Å². The smallest absolute Gasteiger partial charge is 0.267 e. The first kappa shape index (κ1) is 13.8. The van der Waals surface area contributed by atoms with Crippen molar-refractivity contribution in [2.75, 3.05) is 16.2 Å². The lowest BCUT2D eigenvalue weighted by Gasteiger charge is -2.29. The second-order valence-electron chi connectivity index (χ2n) is 4.26. The highest BCUT2D eigenvalue weighted by Gasteiger charge is 2.32. The lowest BCUT2D eigenvalue weighted by Crippen LogP contribution is -2.42. The van der Waals surface area contributed by atoms with Crippen LogP contribution in [0, 0.1) is 0 Å². The molecule has 2 aromatic rings. The molecule has 0 bridgehead atoms. The average molecular weight is 325 g/mol. The summed E-state index contributed by atoms with van der Waals surface area (Å²) in [6, 6.07) is 6.65. The minimum absolute atomic E-state index is 0.0502. The van der Waals surface area contributed by atoms with Gasteiger partial charge in [-0.05, 0) is 23.7 Å². The average Bonchev–Trinajstić information content (AvgIpc) is 2.46. The number of nitrogens with one attached hydrogen (secondary N) is 1. The van der Waals surface area contributed by atoms with E-state index in [-0.39, 0.29) is 16.7 Å². The molecule has 9 heteroatoms. The Bertz CT molecular complexity index is 808. The number of hydrogen-bond donors (Lipinski definition) is 1. The summed E-state index contributed by atoms with van der Waals surface area (Å²) in [4.78, 5) is 18.9. The number of fused-ring (bicyclic) bond motifs is 1. The number of anilines is 2. The lowest BCUT2D eigenvalue weighted by molar-refractivity contribution is -0.115. The van der Waals surface area contributed by atoms with Crippen LogP contribution in [0.3, 0.4) is 0 Å². The largest absolute Gasteiger partial charge is 0.323 e. The molecule has 21 heavy (non-hydrogen) atoms. The number of hydrogen-bond acceptors (Lipinski definition) is 5. The van der Waals surface area contributed by atoms with Crippen LogP contribution in [0.4, 0.5) is 11.4 Å². The lowest BCUT2D eigenvalue weighted by atomic mass is 10.2. The molecule has 0 saturated carbocycles. The van der Waals surface area contributed by atoms with Gasteiger partial charge < -0.3 is 5.32 Å². The Kier molecular flexibility index (Phi) is 3.26. The van der Waals surface area contributed by atoms with E-state index in [1.54, 1.807) is 24.3 Å². The molecule has 0 atom stereocenters. The Morgan fingerprint density at radius 2 is 1.86 bits per heavy atom. The summed E-state index contributed by atoms with van der Waals surface area (Å²) in [6.45, 7) is -0.304. The second kappa shape index (κ2) is 4.97. The first-order valence-electron chi connectivity index (χ1n) is 5.87. The van der Waals surface area contributed by atoms with Crippen molar-refractivity contribution in [1.82, 2.24) is 9.97 Å². The summed E-state index contributed by atoms with van der Waals surface area (Å²) >= 11 is 5.56. The Morgan fingerprint density at radius 1 is 1.19 bits per heavy atom. The number of sulfonamides is 1. The predicted molar refractivity (Wildman–Crippen MR) is 76.6 cm³/mol. The fourth-order valence-electron chi connectivity index (χ4n) is 1.98. The summed E-state index contributed by atoms with van der Waals surface area (Å²) in [7, 11) is -3.94. The van der Waals surface area contributed by atoms with Crippen molar-refractivity contribution in [3.8, 4) is 0 Å². The molecule has 1 N–H and O–H groups in total. The van der Waals surface area contributed by atoms with Crippen molar-refractivity contribution in [3.05, 3.63) is 41.9 Å². The van der Waals surface area contributed by atoms with Gasteiger partial charge in [0, 0.05) is 0 Å². The fraction of sp³-hybridized carbons (Fsp3) is 0.0833. The number of aromatic nitrogens is 2. The van der Waals surface area contributed by atoms with Crippen molar-refractivity contribution >= 4 is 38.9 Å². The molecule has 108 valence electrons. The number of nitrogens with zero attached hydrogens (tertiary/aromatic N) is 3. The van der Waals surface area contributed by atoms with E-state index in [1.165, 1.54) is 0 Å². The third-order valence-corrected chi connectivity index (χ3v) is 4.83. The highest BCUT2D eigenvalue weighted by Crippen LogP contribution is 2.32. The molecule has 1 aromatic carbocycles. The standard InChI is InChI=1S/C12H9ClN4O3S/c13-12-14-5-8(6-15-12)21(19,20)17-7-11(18)16-9-3-1-2-4-10(9)17/h1-6H,7H2,(H,16,18). The van der Waals surface area contributed by atoms with Crippen LogP contribution in [-0.2, 0) is 14.8 Å². The van der Waals surface area contributed by atoms with E-state index in [0.29, 0.717) is 11.4 Å². The second-order valence-corrected chi connectivity index (χ2v) is 6.47. The normalized spacial score (nSPS) is 14.5. The Balaban J connectivity index is 2.11. The van der Waals surface area contributed by atoms with E-state index in [1.807, 2.05) is 0 Å². The Labute approximate surface area is 125 Å².